The van der Waals surface area contributed by atoms with Gasteiger partial charge in [0.15, 0.2) is 0 Å². The molecule has 0 aromatic rings. The minimum Gasteiger partial charge on any atom is -0.325 e. The topological polar surface area (TPSA) is 41.3 Å². The number of likely N-dealkylation sites (N-methyl/N-ethyl adjacent to an activating group) is 1. The Hall–Kier alpha value is -0.120. The highest BCUT2D eigenvalue weighted by molar-refractivity contribution is 5.14. The highest BCUT2D eigenvalue weighted by atomic mass is 15.3. The van der Waals surface area contributed by atoms with Crippen LogP contribution in [0.2, 0.25) is 0 Å². The molecule has 3 unspecified atom stereocenters. The van der Waals surface area contributed by atoms with Gasteiger partial charge in [0.05, 0.1) is 0 Å². The second kappa shape index (κ2) is 6.72. The van der Waals surface area contributed by atoms with Gasteiger partial charge in [0.1, 0.15) is 0 Å². The van der Waals surface area contributed by atoms with Crippen molar-refractivity contribution in [2.24, 2.45) is 5.73 Å². The first kappa shape index (κ1) is 13.3. The molecular formula is C14H29N3. The fraction of sp³-hybridized carbons (Fsp3) is 1.00. The van der Waals surface area contributed by atoms with Crippen molar-refractivity contribution >= 4 is 0 Å². The molecule has 2 rings (SSSR count). The average molecular weight is 239 g/mol. The average Bonchev–Trinajstić information content (AvgIpc) is 2.96. The molecule has 3 N–H and O–H groups in total. The predicted molar refractivity (Wildman–Crippen MR) is 73.1 cm³/mol. The Kier molecular flexibility index (Phi) is 5.26. The summed E-state index contributed by atoms with van der Waals surface area (Å²) in [6.07, 6.45) is 9.72. The molecule has 0 aromatic carbocycles. The van der Waals surface area contributed by atoms with Crippen molar-refractivity contribution in [1.82, 2.24) is 10.2 Å². The zero-order valence-corrected chi connectivity index (χ0v) is 11.3. The molecule has 100 valence electrons. The molecule has 17 heavy (non-hydrogen) atoms. The van der Waals surface area contributed by atoms with E-state index in [1.54, 1.807) is 0 Å². The molecule has 1 aliphatic carbocycles. The van der Waals surface area contributed by atoms with Crippen molar-refractivity contribution in [2.45, 2.75) is 70.0 Å². The predicted octanol–water partition coefficient (Wildman–Crippen LogP) is 1.72. The first-order valence-electron chi connectivity index (χ1n) is 7.57. The van der Waals surface area contributed by atoms with Gasteiger partial charge in [0.25, 0.3) is 0 Å². The number of hydrogen-bond donors (Lipinski definition) is 2. The van der Waals surface area contributed by atoms with Crippen molar-refractivity contribution in [3.05, 3.63) is 0 Å². The molecule has 3 nitrogen and oxygen atoms in total. The van der Waals surface area contributed by atoms with Gasteiger partial charge in [-0.25, -0.2) is 0 Å². The van der Waals surface area contributed by atoms with Crippen molar-refractivity contribution in [1.29, 1.82) is 0 Å². The number of nitrogens with one attached hydrogen (secondary N) is 1. The molecule has 3 atom stereocenters. The van der Waals surface area contributed by atoms with Gasteiger partial charge in [-0.2, -0.15) is 0 Å². The standard InChI is InChI=1S/C14H29N3/c1-2-17-11-9-7-5-3-4-6-8-10-16-13-12(15)14(13)17/h12-14,16H,2-11,15H2,1H3. The lowest BCUT2D eigenvalue weighted by atomic mass is 10.1. The van der Waals surface area contributed by atoms with Crippen LogP contribution in [0.1, 0.15) is 51.9 Å². The fourth-order valence-corrected chi connectivity index (χ4v) is 3.16. The van der Waals surface area contributed by atoms with Crippen LogP contribution in [0.3, 0.4) is 0 Å². The largest absolute Gasteiger partial charge is 0.325 e. The number of nitrogens with zero attached hydrogens (tertiary/aromatic N) is 1. The SMILES string of the molecule is CCN1CCCCCCCCCNC2C(N)C21. The van der Waals surface area contributed by atoms with E-state index in [9.17, 15) is 0 Å². The van der Waals surface area contributed by atoms with Gasteiger partial charge in [0, 0.05) is 18.1 Å². The van der Waals surface area contributed by atoms with Crippen LogP contribution < -0.4 is 11.1 Å². The van der Waals surface area contributed by atoms with Crippen LogP contribution in [0.4, 0.5) is 0 Å². The van der Waals surface area contributed by atoms with E-state index in [0.717, 1.165) is 13.1 Å². The van der Waals surface area contributed by atoms with Gasteiger partial charge in [-0.15, -0.1) is 0 Å². The van der Waals surface area contributed by atoms with Gasteiger partial charge < -0.3 is 11.1 Å². The Morgan fingerprint density at radius 3 is 2.41 bits per heavy atom. The third-order valence-corrected chi connectivity index (χ3v) is 4.37. The van der Waals surface area contributed by atoms with Crippen molar-refractivity contribution in [3.8, 4) is 0 Å². The molecule has 1 saturated heterocycles. The van der Waals surface area contributed by atoms with Crippen LogP contribution in [0, 0.1) is 0 Å². The maximum absolute atomic E-state index is 6.18. The van der Waals surface area contributed by atoms with E-state index < -0.39 is 0 Å². The Morgan fingerprint density at radius 2 is 1.71 bits per heavy atom. The van der Waals surface area contributed by atoms with Gasteiger partial charge in [-0.1, -0.05) is 39.0 Å². The number of nitrogens with two attached hydrogens (primary N) is 1. The molecule has 1 aliphatic heterocycles. The third kappa shape index (κ3) is 3.67. The van der Waals surface area contributed by atoms with Crippen LogP contribution in [0.25, 0.3) is 0 Å². The number of rotatable bonds is 1. The zero-order valence-electron chi connectivity index (χ0n) is 11.3. The molecule has 1 saturated carbocycles. The molecule has 3 heteroatoms. The summed E-state index contributed by atoms with van der Waals surface area (Å²) in [5, 5.41) is 3.64. The molecule has 0 spiro atoms. The van der Waals surface area contributed by atoms with Crippen LogP contribution in [-0.4, -0.2) is 42.7 Å². The number of hydrogen-bond acceptors (Lipinski definition) is 3. The summed E-state index contributed by atoms with van der Waals surface area (Å²) in [5.41, 5.74) is 6.18. The lowest BCUT2D eigenvalue weighted by Crippen LogP contribution is -2.33. The molecular weight excluding hydrogens is 210 g/mol. The Bertz CT molecular complexity index is 220. The van der Waals surface area contributed by atoms with Gasteiger partial charge in [0.2, 0.25) is 0 Å². The Morgan fingerprint density at radius 1 is 1.06 bits per heavy atom. The summed E-state index contributed by atoms with van der Waals surface area (Å²) in [4.78, 5) is 2.58. The minimum absolute atomic E-state index is 0.373. The normalized spacial score (nSPS) is 37.4. The van der Waals surface area contributed by atoms with E-state index >= 15 is 0 Å². The third-order valence-electron chi connectivity index (χ3n) is 4.37. The summed E-state index contributed by atoms with van der Waals surface area (Å²) in [6, 6.07) is 1.55. The minimum atomic E-state index is 0.373. The van der Waals surface area contributed by atoms with E-state index in [1.165, 1.54) is 51.5 Å². The zero-order chi connectivity index (χ0) is 12.1. The maximum Gasteiger partial charge on any atom is 0.0431 e. The van der Waals surface area contributed by atoms with Crippen molar-refractivity contribution in [2.75, 3.05) is 19.6 Å². The molecule has 0 amide bonds. The number of fused-ring (bicyclic) bond motifs is 1. The van der Waals surface area contributed by atoms with E-state index in [4.69, 9.17) is 5.73 Å². The molecule has 1 heterocycles. The summed E-state index contributed by atoms with van der Waals surface area (Å²) >= 11 is 0. The summed E-state index contributed by atoms with van der Waals surface area (Å²) in [7, 11) is 0. The highest BCUT2D eigenvalue weighted by Crippen LogP contribution is 2.27. The van der Waals surface area contributed by atoms with Crippen molar-refractivity contribution < 1.29 is 0 Å². The van der Waals surface area contributed by atoms with Crippen LogP contribution in [0.15, 0.2) is 0 Å². The fourth-order valence-electron chi connectivity index (χ4n) is 3.16. The highest BCUT2D eigenvalue weighted by Gasteiger charge is 2.50. The van der Waals surface area contributed by atoms with Crippen LogP contribution in [-0.2, 0) is 0 Å². The molecule has 2 aliphatic rings. The second-order valence-electron chi connectivity index (χ2n) is 5.65. The first-order valence-corrected chi connectivity index (χ1v) is 7.57. The van der Waals surface area contributed by atoms with Gasteiger partial charge in [-0.3, -0.25) is 4.90 Å². The monoisotopic (exact) mass is 239 g/mol. The smallest absolute Gasteiger partial charge is 0.0431 e. The van der Waals surface area contributed by atoms with Gasteiger partial charge >= 0.3 is 0 Å². The summed E-state index contributed by atoms with van der Waals surface area (Å²) in [5.74, 6) is 0. The Labute approximate surface area is 106 Å². The lowest BCUT2D eigenvalue weighted by molar-refractivity contribution is 0.259. The van der Waals surface area contributed by atoms with Crippen LogP contribution >= 0.6 is 0 Å². The van der Waals surface area contributed by atoms with Crippen LogP contribution in [0.5, 0.6) is 0 Å². The van der Waals surface area contributed by atoms with E-state index in [0.29, 0.717) is 18.1 Å². The molecule has 0 radical (unpaired) electrons. The van der Waals surface area contributed by atoms with E-state index in [1.807, 2.05) is 0 Å². The van der Waals surface area contributed by atoms with E-state index in [-0.39, 0.29) is 0 Å². The van der Waals surface area contributed by atoms with E-state index in [2.05, 4.69) is 17.1 Å². The summed E-state index contributed by atoms with van der Waals surface area (Å²) in [6.45, 7) is 5.82. The molecule has 0 bridgehead atoms. The first-order chi connectivity index (χ1) is 8.34. The quantitative estimate of drug-likeness (QED) is 0.732. The Balaban J connectivity index is 1.83. The molecule has 2 fully saturated rings. The van der Waals surface area contributed by atoms with Gasteiger partial charge in [-0.05, 0) is 32.5 Å². The molecule has 0 aromatic heterocycles. The van der Waals surface area contributed by atoms with Crippen molar-refractivity contribution in [3.63, 3.8) is 0 Å². The maximum atomic E-state index is 6.18. The second-order valence-corrected chi connectivity index (χ2v) is 5.65. The lowest BCUT2D eigenvalue weighted by Gasteiger charge is -2.20. The summed E-state index contributed by atoms with van der Waals surface area (Å²) < 4.78 is 0.